The van der Waals surface area contributed by atoms with Gasteiger partial charge in [-0.15, -0.1) is 0 Å². The number of rotatable bonds is 45. The summed E-state index contributed by atoms with van der Waals surface area (Å²) in [5.74, 6) is -1.12. The van der Waals surface area contributed by atoms with Crippen molar-refractivity contribution in [2.75, 3.05) is 13.2 Å². The number of hydrogen-bond acceptors (Lipinski definition) is 6. The molecule has 0 heterocycles. The van der Waals surface area contributed by atoms with Crippen LogP contribution in [0.25, 0.3) is 0 Å². The zero-order chi connectivity index (χ0) is 48.6. The van der Waals surface area contributed by atoms with Gasteiger partial charge in [0.1, 0.15) is 13.2 Å². The molecular weight excluding hydrogens is 829 g/mol. The number of carbonyl (C=O) groups is 3. The highest BCUT2D eigenvalue weighted by molar-refractivity contribution is 5.71. The Morgan fingerprint density at radius 3 is 0.925 bits per heavy atom. The van der Waals surface area contributed by atoms with Gasteiger partial charge in [-0.25, -0.2) is 0 Å². The van der Waals surface area contributed by atoms with Crippen LogP contribution in [0.15, 0.2) is 146 Å². The summed E-state index contributed by atoms with van der Waals surface area (Å²) in [4.78, 5) is 37.9. The Labute approximate surface area is 410 Å². The van der Waals surface area contributed by atoms with Crippen molar-refractivity contribution in [2.24, 2.45) is 0 Å². The average Bonchev–Trinajstić information content (AvgIpc) is 3.33. The zero-order valence-corrected chi connectivity index (χ0v) is 42.6. The quantitative estimate of drug-likeness (QED) is 0.0262. The van der Waals surface area contributed by atoms with E-state index in [1.807, 2.05) is 24.3 Å². The summed E-state index contributed by atoms with van der Waals surface area (Å²) in [6, 6.07) is 0. The molecule has 1 unspecified atom stereocenters. The average molecular weight is 923 g/mol. The number of carbonyl (C=O) groups excluding carboxylic acids is 3. The van der Waals surface area contributed by atoms with Crippen LogP contribution < -0.4 is 0 Å². The van der Waals surface area contributed by atoms with Gasteiger partial charge in [-0.1, -0.05) is 218 Å². The topological polar surface area (TPSA) is 78.9 Å². The molecular formula is C61H94O6. The zero-order valence-electron chi connectivity index (χ0n) is 42.6. The summed E-state index contributed by atoms with van der Waals surface area (Å²) in [6.07, 6.45) is 77.3. The lowest BCUT2D eigenvalue weighted by molar-refractivity contribution is -0.166. The first-order valence-electron chi connectivity index (χ1n) is 26.3. The van der Waals surface area contributed by atoms with Crippen molar-refractivity contribution in [3.8, 4) is 0 Å². The summed E-state index contributed by atoms with van der Waals surface area (Å²) >= 11 is 0. The van der Waals surface area contributed by atoms with E-state index in [4.69, 9.17) is 14.2 Å². The van der Waals surface area contributed by atoms with E-state index in [9.17, 15) is 14.4 Å². The van der Waals surface area contributed by atoms with Crippen molar-refractivity contribution < 1.29 is 28.6 Å². The normalized spacial score (nSPS) is 13.3. The molecule has 0 aromatic heterocycles. The van der Waals surface area contributed by atoms with E-state index in [0.717, 1.165) is 96.3 Å². The summed E-state index contributed by atoms with van der Waals surface area (Å²) < 4.78 is 16.6. The molecule has 0 saturated carbocycles. The first-order valence-corrected chi connectivity index (χ1v) is 26.3. The molecule has 0 N–H and O–H groups in total. The minimum atomic E-state index is -0.852. The fraction of sp³-hybridized carbons (Fsp3) is 0.557. The van der Waals surface area contributed by atoms with Gasteiger partial charge in [0.05, 0.1) is 0 Å². The van der Waals surface area contributed by atoms with Gasteiger partial charge in [0.25, 0.3) is 0 Å². The lowest BCUT2D eigenvalue weighted by Crippen LogP contribution is -2.30. The van der Waals surface area contributed by atoms with Gasteiger partial charge in [-0.3, -0.25) is 14.4 Å². The van der Waals surface area contributed by atoms with Crippen LogP contribution in [0.4, 0.5) is 0 Å². The molecule has 6 heteroatoms. The third kappa shape index (κ3) is 52.1. The Balaban J connectivity index is 4.46. The molecule has 0 aliphatic carbocycles. The second-order valence-corrected chi connectivity index (χ2v) is 16.6. The Morgan fingerprint density at radius 1 is 0.299 bits per heavy atom. The van der Waals surface area contributed by atoms with Crippen molar-refractivity contribution >= 4 is 17.9 Å². The molecule has 374 valence electrons. The fourth-order valence-corrected chi connectivity index (χ4v) is 6.52. The maximum Gasteiger partial charge on any atom is 0.306 e. The van der Waals surface area contributed by atoms with Gasteiger partial charge >= 0.3 is 17.9 Å². The van der Waals surface area contributed by atoms with E-state index in [-0.39, 0.29) is 38.0 Å². The molecule has 0 rings (SSSR count). The molecule has 0 spiro atoms. The molecule has 0 aromatic carbocycles. The number of ether oxygens (including phenoxy) is 3. The van der Waals surface area contributed by atoms with Crippen LogP contribution in [-0.4, -0.2) is 37.2 Å². The van der Waals surface area contributed by atoms with Gasteiger partial charge in [-0.2, -0.15) is 0 Å². The van der Waals surface area contributed by atoms with Crippen LogP contribution in [-0.2, 0) is 28.6 Å². The van der Waals surface area contributed by atoms with E-state index in [1.165, 1.54) is 51.4 Å². The van der Waals surface area contributed by atoms with E-state index < -0.39 is 12.1 Å². The van der Waals surface area contributed by atoms with Gasteiger partial charge < -0.3 is 14.2 Å². The Kier molecular flexibility index (Phi) is 50.1. The largest absolute Gasteiger partial charge is 0.462 e. The summed E-state index contributed by atoms with van der Waals surface area (Å²) in [6.45, 7) is 6.14. The third-order valence-electron chi connectivity index (χ3n) is 10.3. The van der Waals surface area contributed by atoms with Gasteiger partial charge in [0.2, 0.25) is 0 Å². The lowest BCUT2D eigenvalue weighted by atomic mass is 10.1. The lowest BCUT2D eigenvalue weighted by Gasteiger charge is -2.18. The van der Waals surface area contributed by atoms with E-state index in [0.29, 0.717) is 19.3 Å². The van der Waals surface area contributed by atoms with Gasteiger partial charge in [-0.05, 0) is 109 Å². The SMILES string of the molecule is CC/C=C\C/C=C\C/C=C\C/C=C\CCCCCCCCCCCCC(=O)OCC(COC(=O)CC/C=C\C/C=C\C/C=C\C/C=C\CC)OC(=O)CC/C=C\C/C=C\C/C=C\C/C=C\CC. The van der Waals surface area contributed by atoms with E-state index >= 15 is 0 Å². The van der Waals surface area contributed by atoms with E-state index in [2.05, 4.69) is 142 Å². The molecule has 0 aliphatic rings. The van der Waals surface area contributed by atoms with E-state index in [1.54, 1.807) is 0 Å². The van der Waals surface area contributed by atoms with Crippen LogP contribution in [0.1, 0.15) is 201 Å². The van der Waals surface area contributed by atoms with Gasteiger partial charge in [0, 0.05) is 19.3 Å². The summed E-state index contributed by atoms with van der Waals surface area (Å²) in [7, 11) is 0. The highest BCUT2D eigenvalue weighted by Gasteiger charge is 2.19. The van der Waals surface area contributed by atoms with Crippen molar-refractivity contribution in [2.45, 2.75) is 207 Å². The Hall–Kier alpha value is -4.71. The molecule has 0 aliphatic heterocycles. The second kappa shape index (κ2) is 53.9. The maximum absolute atomic E-state index is 12.7. The van der Waals surface area contributed by atoms with Crippen LogP contribution in [0.5, 0.6) is 0 Å². The van der Waals surface area contributed by atoms with Crippen molar-refractivity contribution in [3.63, 3.8) is 0 Å². The molecule has 6 nitrogen and oxygen atoms in total. The molecule has 0 amide bonds. The molecule has 0 bridgehead atoms. The first-order chi connectivity index (χ1) is 33.0. The molecule has 67 heavy (non-hydrogen) atoms. The predicted molar refractivity (Wildman–Crippen MR) is 288 cm³/mol. The smallest absolute Gasteiger partial charge is 0.306 e. The Morgan fingerprint density at radius 2 is 0.567 bits per heavy atom. The van der Waals surface area contributed by atoms with Crippen LogP contribution in [0, 0.1) is 0 Å². The number of hydrogen-bond donors (Lipinski definition) is 0. The van der Waals surface area contributed by atoms with Crippen molar-refractivity contribution in [1.82, 2.24) is 0 Å². The second-order valence-electron chi connectivity index (χ2n) is 16.6. The highest BCUT2D eigenvalue weighted by atomic mass is 16.6. The van der Waals surface area contributed by atoms with Crippen molar-refractivity contribution in [3.05, 3.63) is 146 Å². The minimum Gasteiger partial charge on any atom is -0.462 e. The number of allylic oxidation sites excluding steroid dienone is 24. The fourth-order valence-electron chi connectivity index (χ4n) is 6.52. The standard InChI is InChI=1S/C61H94O6/c1-4-7-10-13-16-19-22-25-26-27-28-29-30-31-32-33-34-37-39-42-45-48-51-54-60(63)66-57-58(67-61(64)55-52-49-46-43-40-36-24-21-18-15-12-9-6-3)56-65-59(62)53-50-47-44-41-38-35-23-20-17-14-11-8-5-2/h7-12,16-21,25-26,28-29,35-36,38,40,44,46-47,49,58H,4-6,13-15,22-24,27,30-34,37,39,41-43,45,48,50-57H2,1-3H3/b10-7-,11-8-,12-9-,19-16-,20-17-,21-18-,26-25-,29-28-,38-35-,40-36-,47-44-,49-46-. The van der Waals surface area contributed by atoms with Crippen molar-refractivity contribution in [1.29, 1.82) is 0 Å². The van der Waals surface area contributed by atoms with Crippen LogP contribution in [0.2, 0.25) is 0 Å². The summed E-state index contributed by atoms with van der Waals surface area (Å²) in [5, 5.41) is 0. The summed E-state index contributed by atoms with van der Waals surface area (Å²) in [5.41, 5.74) is 0. The molecule has 0 aromatic rings. The van der Waals surface area contributed by atoms with Gasteiger partial charge in [0.15, 0.2) is 6.10 Å². The van der Waals surface area contributed by atoms with Crippen LogP contribution in [0.3, 0.4) is 0 Å². The molecule has 0 saturated heterocycles. The van der Waals surface area contributed by atoms with Crippen LogP contribution >= 0.6 is 0 Å². The monoisotopic (exact) mass is 923 g/mol. The minimum absolute atomic E-state index is 0.137. The maximum atomic E-state index is 12.7. The number of unbranched alkanes of at least 4 members (excludes halogenated alkanes) is 10. The molecule has 1 atom stereocenters. The molecule has 0 radical (unpaired) electrons. The predicted octanol–water partition coefficient (Wildman–Crippen LogP) is 17.6. The molecule has 0 fully saturated rings. The highest BCUT2D eigenvalue weighted by Crippen LogP contribution is 2.13. The third-order valence-corrected chi connectivity index (χ3v) is 10.3. The number of esters is 3. The Bertz CT molecular complexity index is 1530. The first kappa shape index (κ1) is 62.3.